The Morgan fingerprint density at radius 1 is 1.37 bits per heavy atom. The van der Waals surface area contributed by atoms with Gasteiger partial charge in [0.1, 0.15) is 0 Å². The largest absolute Gasteiger partial charge is 0.375 e. The first-order valence-corrected chi connectivity index (χ1v) is 7.03. The van der Waals surface area contributed by atoms with Crippen LogP contribution in [0.2, 0.25) is 0 Å². The molecule has 0 saturated carbocycles. The second kappa shape index (κ2) is 6.33. The van der Waals surface area contributed by atoms with Crippen LogP contribution in [0.4, 0.5) is 5.13 Å². The number of hydrogen-bond acceptors (Lipinski definition) is 4. The van der Waals surface area contributed by atoms with Gasteiger partial charge in [-0.15, -0.1) is 11.3 Å². The average Bonchev–Trinajstić information content (AvgIpc) is 2.81. The Kier molecular flexibility index (Phi) is 4.52. The van der Waals surface area contributed by atoms with Gasteiger partial charge < -0.3 is 11.1 Å². The molecule has 1 heterocycles. The van der Waals surface area contributed by atoms with E-state index < -0.39 is 0 Å². The molecule has 1 aromatic heterocycles. The standard InChI is InChI=1S/C14H17N3OS/c1-10-2-4-11(5-3-10)6-7-13(18)16-8-12-9-19-14(15)17-12/h2-5,9H,6-8H2,1H3,(H2,15,17)(H,16,18). The predicted octanol–water partition coefficient (Wildman–Crippen LogP) is 2.28. The van der Waals surface area contributed by atoms with Gasteiger partial charge in [-0.25, -0.2) is 4.98 Å². The number of aryl methyl sites for hydroxylation is 2. The monoisotopic (exact) mass is 275 g/mol. The third-order valence-corrected chi connectivity index (χ3v) is 3.52. The molecule has 0 unspecified atom stereocenters. The van der Waals surface area contributed by atoms with Crippen LogP contribution in [-0.2, 0) is 17.8 Å². The van der Waals surface area contributed by atoms with Gasteiger partial charge in [-0.1, -0.05) is 29.8 Å². The molecule has 0 atom stereocenters. The van der Waals surface area contributed by atoms with Crippen molar-refractivity contribution < 1.29 is 4.79 Å². The van der Waals surface area contributed by atoms with Crippen LogP contribution in [0.15, 0.2) is 29.6 Å². The lowest BCUT2D eigenvalue weighted by Gasteiger charge is -2.04. The van der Waals surface area contributed by atoms with Crippen molar-refractivity contribution in [3.8, 4) is 0 Å². The van der Waals surface area contributed by atoms with Crippen molar-refractivity contribution in [3.63, 3.8) is 0 Å². The molecule has 2 rings (SSSR count). The maximum absolute atomic E-state index is 11.7. The Morgan fingerprint density at radius 3 is 2.74 bits per heavy atom. The summed E-state index contributed by atoms with van der Waals surface area (Å²) in [7, 11) is 0. The molecule has 5 heteroatoms. The number of carbonyl (C=O) groups excluding carboxylic acids is 1. The fourth-order valence-corrected chi connectivity index (χ4v) is 2.26. The molecule has 0 radical (unpaired) electrons. The molecule has 0 aliphatic carbocycles. The number of benzene rings is 1. The normalized spacial score (nSPS) is 10.4. The van der Waals surface area contributed by atoms with Crippen LogP contribution in [0.5, 0.6) is 0 Å². The molecule has 1 aromatic carbocycles. The number of aromatic nitrogens is 1. The maximum atomic E-state index is 11.7. The minimum atomic E-state index is 0.0344. The minimum absolute atomic E-state index is 0.0344. The van der Waals surface area contributed by atoms with Crippen molar-refractivity contribution in [2.45, 2.75) is 26.3 Å². The lowest BCUT2D eigenvalue weighted by atomic mass is 10.1. The second-order valence-corrected chi connectivity index (χ2v) is 5.33. The van der Waals surface area contributed by atoms with E-state index in [0.29, 0.717) is 18.1 Å². The third kappa shape index (κ3) is 4.37. The number of nitrogen functional groups attached to an aromatic ring is 1. The Hall–Kier alpha value is -1.88. The second-order valence-electron chi connectivity index (χ2n) is 4.44. The van der Waals surface area contributed by atoms with Crippen LogP contribution < -0.4 is 11.1 Å². The van der Waals surface area contributed by atoms with Crippen molar-refractivity contribution in [1.29, 1.82) is 0 Å². The predicted molar refractivity (Wildman–Crippen MR) is 77.9 cm³/mol. The highest BCUT2D eigenvalue weighted by molar-refractivity contribution is 7.13. The maximum Gasteiger partial charge on any atom is 0.220 e. The lowest BCUT2D eigenvalue weighted by Crippen LogP contribution is -2.23. The molecule has 0 fully saturated rings. The quantitative estimate of drug-likeness (QED) is 0.879. The van der Waals surface area contributed by atoms with Gasteiger partial charge in [0.2, 0.25) is 5.91 Å². The first kappa shape index (κ1) is 13.5. The summed E-state index contributed by atoms with van der Waals surface area (Å²) in [5, 5.41) is 5.23. The van der Waals surface area contributed by atoms with Gasteiger partial charge in [0.15, 0.2) is 5.13 Å². The highest BCUT2D eigenvalue weighted by Gasteiger charge is 2.04. The van der Waals surface area contributed by atoms with E-state index in [0.717, 1.165) is 12.1 Å². The van der Waals surface area contributed by atoms with Gasteiger partial charge in [-0.3, -0.25) is 4.79 Å². The molecular weight excluding hydrogens is 258 g/mol. The average molecular weight is 275 g/mol. The molecule has 3 N–H and O–H groups in total. The molecule has 0 aliphatic rings. The van der Waals surface area contributed by atoms with E-state index >= 15 is 0 Å². The number of nitrogens with one attached hydrogen (secondary N) is 1. The lowest BCUT2D eigenvalue weighted by molar-refractivity contribution is -0.121. The Morgan fingerprint density at radius 2 is 2.11 bits per heavy atom. The summed E-state index contributed by atoms with van der Waals surface area (Å²) in [5.74, 6) is 0.0344. The molecule has 19 heavy (non-hydrogen) atoms. The van der Waals surface area contributed by atoms with Crippen molar-refractivity contribution >= 4 is 22.4 Å². The highest BCUT2D eigenvalue weighted by Crippen LogP contribution is 2.10. The number of carbonyl (C=O) groups is 1. The zero-order valence-corrected chi connectivity index (χ0v) is 11.7. The first-order chi connectivity index (χ1) is 9.13. The highest BCUT2D eigenvalue weighted by atomic mass is 32.1. The molecule has 4 nitrogen and oxygen atoms in total. The van der Waals surface area contributed by atoms with Gasteiger partial charge in [-0.2, -0.15) is 0 Å². The van der Waals surface area contributed by atoms with Gasteiger partial charge >= 0.3 is 0 Å². The minimum Gasteiger partial charge on any atom is -0.375 e. The summed E-state index contributed by atoms with van der Waals surface area (Å²) in [6.07, 6.45) is 1.24. The third-order valence-electron chi connectivity index (χ3n) is 2.80. The number of anilines is 1. The van der Waals surface area contributed by atoms with E-state index in [1.54, 1.807) is 0 Å². The SMILES string of the molecule is Cc1ccc(CCC(=O)NCc2csc(N)n2)cc1. The van der Waals surface area contributed by atoms with Gasteiger partial charge in [0, 0.05) is 11.8 Å². The summed E-state index contributed by atoms with van der Waals surface area (Å²) >= 11 is 1.38. The molecule has 100 valence electrons. The molecule has 0 bridgehead atoms. The van der Waals surface area contributed by atoms with E-state index in [-0.39, 0.29) is 5.91 Å². The summed E-state index contributed by atoms with van der Waals surface area (Å²) in [6.45, 7) is 2.50. The van der Waals surface area contributed by atoms with Gasteiger partial charge in [0.25, 0.3) is 0 Å². The Bertz CT molecular complexity index is 548. The van der Waals surface area contributed by atoms with Crippen LogP contribution in [0, 0.1) is 6.92 Å². The van der Waals surface area contributed by atoms with Crippen molar-refractivity contribution in [2.75, 3.05) is 5.73 Å². The molecule has 1 amide bonds. The zero-order valence-electron chi connectivity index (χ0n) is 10.8. The number of thiazole rings is 1. The van der Waals surface area contributed by atoms with E-state index in [4.69, 9.17) is 5.73 Å². The smallest absolute Gasteiger partial charge is 0.220 e. The van der Waals surface area contributed by atoms with Crippen LogP contribution >= 0.6 is 11.3 Å². The fraction of sp³-hybridized carbons (Fsp3) is 0.286. The van der Waals surface area contributed by atoms with Crippen molar-refractivity contribution in [2.24, 2.45) is 0 Å². The fourth-order valence-electron chi connectivity index (χ4n) is 1.69. The Balaban J connectivity index is 1.74. The van der Waals surface area contributed by atoms with E-state index in [1.807, 2.05) is 5.38 Å². The number of amides is 1. The van der Waals surface area contributed by atoms with Crippen LogP contribution in [0.25, 0.3) is 0 Å². The van der Waals surface area contributed by atoms with Gasteiger partial charge in [-0.05, 0) is 18.9 Å². The summed E-state index contributed by atoms with van der Waals surface area (Å²) in [4.78, 5) is 15.8. The topological polar surface area (TPSA) is 68.0 Å². The number of nitrogens with two attached hydrogens (primary N) is 1. The van der Waals surface area contributed by atoms with Crippen molar-refractivity contribution in [3.05, 3.63) is 46.5 Å². The molecule has 0 saturated heterocycles. The molecular formula is C14H17N3OS. The van der Waals surface area contributed by atoms with E-state index in [9.17, 15) is 4.79 Å². The number of hydrogen-bond donors (Lipinski definition) is 2. The van der Waals surface area contributed by atoms with Crippen LogP contribution in [0.1, 0.15) is 23.2 Å². The van der Waals surface area contributed by atoms with Crippen LogP contribution in [0.3, 0.4) is 0 Å². The number of nitrogens with zero attached hydrogens (tertiary/aromatic N) is 1. The van der Waals surface area contributed by atoms with Crippen LogP contribution in [-0.4, -0.2) is 10.9 Å². The zero-order chi connectivity index (χ0) is 13.7. The first-order valence-electron chi connectivity index (χ1n) is 6.15. The van der Waals surface area contributed by atoms with Crippen molar-refractivity contribution in [1.82, 2.24) is 10.3 Å². The molecule has 0 spiro atoms. The van der Waals surface area contributed by atoms with E-state index in [1.165, 1.54) is 22.5 Å². The van der Waals surface area contributed by atoms with E-state index in [2.05, 4.69) is 41.5 Å². The summed E-state index contributed by atoms with van der Waals surface area (Å²) in [5.41, 5.74) is 8.75. The van der Waals surface area contributed by atoms with Gasteiger partial charge in [0.05, 0.1) is 12.2 Å². The Labute approximate surface area is 116 Å². The summed E-state index contributed by atoms with van der Waals surface area (Å²) in [6, 6.07) is 8.24. The molecule has 0 aliphatic heterocycles. The summed E-state index contributed by atoms with van der Waals surface area (Å²) < 4.78 is 0. The number of rotatable bonds is 5. The molecule has 2 aromatic rings.